The van der Waals surface area contributed by atoms with Crippen molar-refractivity contribution >= 4 is 17.6 Å². The van der Waals surface area contributed by atoms with E-state index in [4.69, 9.17) is 9.47 Å². The monoisotopic (exact) mass is 323 g/mol. The molecule has 3 rings (SSSR count). The van der Waals surface area contributed by atoms with Crippen LogP contribution in [0.3, 0.4) is 0 Å². The van der Waals surface area contributed by atoms with Gasteiger partial charge in [-0.15, -0.1) is 0 Å². The van der Waals surface area contributed by atoms with Crippen molar-refractivity contribution in [3.05, 3.63) is 77.0 Å². The number of aryl methyl sites for hydroxylation is 1. The lowest BCUT2D eigenvalue weighted by atomic mass is 9.97. The number of methoxy groups -OCH3 is 1. The molecule has 1 aliphatic heterocycles. The van der Waals surface area contributed by atoms with Gasteiger partial charge in [0.05, 0.1) is 7.11 Å². The van der Waals surface area contributed by atoms with Crippen molar-refractivity contribution in [2.24, 2.45) is 0 Å². The van der Waals surface area contributed by atoms with Gasteiger partial charge < -0.3 is 14.8 Å². The first-order valence-electron chi connectivity index (χ1n) is 7.53. The maximum absolute atomic E-state index is 12.4. The highest BCUT2D eigenvalue weighted by Gasteiger charge is 2.40. The topological polar surface area (TPSA) is 64.6 Å². The van der Waals surface area contributed by atoms with Gasteiger partial charge in [0.1, 0.15) is 11.3 Å². The fraction of sp³-hybridized carbons (Fsp3) is 0.158. The SMILES string of the molecule is COC(=O)C1=C(Nc2ccccc2)C(=O)OC1c1ccccc1C. The van der Waals surface area contributed by atoms with E-state index in [9.17, 15) is 9.59 Å². The molecule has 5 heteroatoms. The highest BCUT2D eigenvalue weighted by molar-refractivity contribution is 6.06. The van der Waals surface area contributed by atoms with Crippen LogP contribution in [0, 0.1) is 6.92 Å². The van der Waals surface area contributed by atoms with Crippen molar-refractivity contribution < 1.29 is 19.1 Å². The van der Waals surface area contributed by atoms with E-state index >= 15 is 0 Å². The minimum absolute atomic E-state index is 0.112. The average Bonchev–Trinajstić information content (AvgIpc) is 2.92. The van der Waals surface area contributed by atoms with Crippen LogP contribution in [0.5, 0.6) is 0 Å². The standard InChI is InChI=1S/C19H17NO4/c1-12-8-6-7-11-14(12)17-15(18(21)23-2)16(19(22)24-17)20-13-9-4-3-5-10-13/h3-11,17,20H,1-2H3. The number of carbonyl (C=O) groups is 2. The minimum Gasteiger partial charge on any atom is -0.465 e. The summed E-state index contributed by atoms with van der Waals surface area (Å²) in [5, 5.41) is 2.98. The molecule has 2 aromatic rings. The predicted octanol–water partition coefficient (Wildman–Crippen LogP) is 3.13. The second kappa shape index (κ2) is 6.58. The summed E-state index contributed by atoms with van der Waals surface area (Å²) in [6.07, 6.45) is -0.780. The van der Waals surface area contributed by atoms with Crippen molar-refractivity contribution in [3.8, 4) is 0 Å². The van der Waals surface area contributed by atoms with Gasteiger partial charge in [-0.2, -0.15) is 0 Å². The van der Waals surface area contributed by atoms with E-state index in [2.05, 4.69) is 5.32 Å². The van der Waals surface area contributed by atoms with Crippen LogP contribution in [0.25, 0.3) is 0 Å². The summed E-state index contributed by atoms with van der Waals surface area (Å²) in [6.45, 7) is 1.90. The van der Waals surface area contributed by atoms with Crippen LogP contribution in [0.2, 0.25) is 0 Å². The fourth-order valence-electron chi connectivity index (χ4n) is 2.67. The van der Waals surface area contributed by atoms with Gasteiger partial charge in [-0.3, -0.25) is 0 Å². The molecule has 0 aromatic heterocycles. The summed E-state index contributed by atoms with van der Waals surface area (Å²) in [5.41, 5.74) is 2.67. The van der Waals surface area contributed by atoms with Gasteiger partial charge in [-0.25, -0.2) is 9.59 Å². The van der Waals surface area contributed by atoms with E-state index in [1.165, 1.54) is 7.11 Å². The Hall–Kier alpha value is -3.08. The minimum atomic E-state index is -0.780. The summed E-state index contributed by atoms with van der Waals surface area (Å²) in [5.74, 6) is -1.17. The molecule has 1 atom stereocenters. The predicted molar refractivity (Wildman–Crippen MR) is 89.1 cm³/mol. The van der Waals surface area contributed by atoms with Crippen LogP contribution < -0.4 is 5.32 Å². The smallest absolute Gasteiger partial charge is 0.356 e. The number of anilines is 1. The molecule has 1 heterocycles. The largest absolute Gasteiger partial charge is 0.465 e. The molecule has 0 amide bonds. The van der Waals surface area contributed by atoms with Gasteiger partial charge in [-0.05, 0) is 24.6 Å². The third-order valence-electron chi connectivity index (χ3n) is 3.88. The average molecular weight is 323 g/mol. The molecule has 0 saturated carbocycles. The van der Waals surface area contributed by atoms with Gasteiger partial charge in [0, 0.05) is 11.3 Å². The zero-order valence-electron chi connectivity index (χ0n) is 13.4. The Labute approximate surface area is 139 Å². The number of hydrogen-bond donors (Lipinski definition) is 1. The Morgan fingerprint density at radius 1 is 1.08 bits per heavy atom. The van der Waals surface area contributed by atoms with Gasteiger partial charge >= 0.3 is 11.9 Å². The molecule has 0 aliphatic carbocycles. The Balaban J connectivity index is 2.07. The van der Waals surface area contributed by atoms with E-state index in [1.54, 1.807) is 12.1 Å². The van der Waals surface area contributed by atoms with Crippen molar-refractivity contribution in [3.63, 3.8) is 0 Å². The van der Waals surface area contributed by atoms with Gasteiger partial charge in [-0.1, -0.05) is 42.5 Å². The molecule has 24 heavy (non-hydrogen) atoms. The van der Waals surface area contributed by atoms with Gasteiger partial charge in [0.25, 0.3) is 0 Å². The number of cyclic esters (lactones) is 1. The quantitative estimate of drug-likeness (QED) is 0.876. The molecule has 0 fully saturated rings. The zero-order chi connectivity index (χ0) is 17.1. The number of hydrogen-bond acceptors (Lipinski definition) is 5. The van der Waals surface area contributed by atoms with Crippen LogP contribution in [-0.2, 0) is 19.1 Å². The Bertz CT molecular complexity index is 811. The summed E-state index contributed by atoms with van der Waals surface area (Å²) in [6, 6.07) is 16.6. The molecule has 122 valence electrons. The van der Waals surface area contributed by atoms with Gasteiger partial charge in [0.2, 0.25) is 0 Å². The summed E-state index contributed by atoms with van der Waals surface area (Å²) in [7, 11) is 1.28. The number of carbonyl (C=O) groups excluding carboxylic acids is 2. The van der Waals surface area contributed by atoms with E-state index in [1.807, 2.05) is 49.4 Å². The third kappa shape index (κ3) is 2.88. The lowest BCUT2D eigenvalue weighted by Crippen LogP contribution is -2.15. The van der Waals surface area contributed by atoms with E-state index in [0.29, 0.717) is 5.69 Å². The number of para-hydroxylation sites is 1. The number of rotatable bonds is 4. The van der Waals surface area contributed by atoms with Crippen LogP contribution >= 0.6 is 0 Å². The Morgan fingerprint density at radius 3 is 2.42 bits per heavy atom. The molecular weight excluding hydrogens is 306 g/mol. The van der Waals surface area contributed by atoms with Crippen LogP contribution in [0.4, 0.5) is 5.69 Å². The molecule has 0 bridgehead atoms. The molecule has 0 radical (unpaired) electrons. The van der Waals surface area contributed by atoms with Crippen molar-refractivity contribution in [1.29, 1.82) is 0 Å². The maximum atomic E-state index is 12.4. The van der Waals surface area contributed by atoms with E-state index in [-0.39, 0.29) is 11.3 Å². The molecule has 2 aromatic carbocycles. The normalized spacial score (nSPS) is 16.8. The highest BCUT2D eigenvalue weighted by atomic mass is 16.6. The summed E-state index contributed by atoms with van der Waals surface area (Å²) < 4.78 is 10.3. The number of benzene rings is 2. The lowest BCUT2D eigenvalue weighted by molar-refractivity contribution is -0.141. The highest BCUT2D eigenvalue weighted by Crippen LogP contribution is 2.37. The van der Waals surface area contributed by atoms with Gasteiger partial charge in [0.15, 0.2) is 6.10 Å². The number of esters is 2. The molecular formula is C19H17NO4. The molecule has 0 saturated heterocycles. The second-order valence-corrected chi connectivity index (χ2v) is 5.41. The van der Waals surface area contributed by atoms with Crippen LogP contribution in [0.15, 0.2) is 65.9 Å². The van der Waals surface area contributed by atoms with Crippen molar-refractivity contribution in [1.82, 2.24) is 0 Å². The van der Waals surface area contributed by atoms with Crippen LogP contribution in [0.1, 0.15) is 17.2 Å². The number of nitrogens with one attached hydrogen (secondary N) is 1. The maximum Gasteiger partial charge on any atom is 0.356 e. The van der Waals surface area contributed by atoms with E-state index < -0.39 is 18.0 Å². The molecule has 1 aliphatic rings. The Morgan fingerprint density at radius 2 is 1.75 bits per heavy atom. The Kier molecular flexibility index (Phi) is 4.33. The zero-order valence-corrected chi connectivity index (χ0v) is 13.4. The first-order chi connectivity index (χ1) is 11.6. The second-order valence-electron chi connectivity index (χ2n) is 5.41. The first-order valence-corrected chi connectivity index (χ1v) is 7.53. The first kappa shape index (κ1) is 15.8. The lowest BCUT2D eigenvalue weighted by Gasteiger charge is -2.15. The van der Waals surface area contributed by atoms with Crippen molar-refractivity contribution in [2.45, 2.75) is 13.0 Å². The molecule has 5 nitrogen and oxygen atoms in total. The summed E-state index contributed by atoms with van der Waals surface area (Å²) >= 11 is 0. The molecule has 1 N–H and O–H groups in total. The van der Waals surface area contributed by atoms with E-state index in [0.717, 1.165) is 11.1 Å². The van der Waals surface area contributed by atoms with Crippen LogP contribution in [-0.4, -0.2) is 19.0 Å². The third-order valence-corrected chi connectivity index (χ3v) is 3.88. The molecule has 0 spiro atoms. The fourth-order valence-corrected chi connectivity index (χ4v) is 2.67. The van der Waals surface area contributed by atoms with Crippen molar-refractivity contribution in [2.75, 3.05) is 12.4 Å². The molecule has 1 unspecified atom stereocenters. The number of ether oxygens (including phenoxy) is 2. The summed E-state index contributed by atoms with van der Waals surface area (Å²) in [4.78, 5) is 24.7.